The number of hydrogen-bond donors (Lipinski definition) is 1. The molecule has 0 radical (unpaired) electrons. The summed E-state index contributed by atoms with van der Waals surface area (Å²) in [5.41, 5.74) is 0.383. The lowest BCUT2D eigenvalue weighted by atomic mass is 10.1. The molecule has 4 heterocycles. The second-order valence-corrected chi connectivity index (χ2v) is 8.55. The lowest BCUT2D eigenvalue weighted by Crippen LogP contribution is -2.50. The molecule has 1 saturated carbocycles. The third kappa shape index (κ3) is 4.25. The normalized spacial score (nSPS) is 21.6. The van der Waals surface area contributed by atoms with Crippen LogP contribution >= 0.6 is 0 Å². The predicted octanol–water partition coefficient (Wildman–Crippen LogP) is 2.38. The fraction of sp³-hybridized carbons (Fsp3) is 0.391. The Kier molecular flexibility index (Phi) is 5.45. The van der Waals surface area contributed by atoms with Crippen molar-refractivity contribution in [3.8, 4) is 5.88 Å². The van der Waals surface area contributed by atoms with Crippen molar-refractivity contribution in [2.24, 2.45) is 0 Å². The molecule has 0 bridgehead atoms. The molecule has 3 aromatic heterocycles. The summed E-state index contributed by atoms with van der Waals surface area (Å²) >= 11 is 0. The molecule has 1 amide bonds. The van der Waals surface area contributed by atoms with E-state index in [1.54, 1.807) is 10.7 Å². The van der Waals surface area contributed by atoms with Crippen LogP contribution in [0, 0.1) is 5.82 Å². The summed E-state index contributed by atoms with van der Waals surface area (Å²) in [5.74, 6) is 0.362. The van der Waals surface area contributed by atoms with Crippen molar-refractivity contribution in [2.45, 2.75) is 37.4 Å². The van der Waals surface area contributed by atoms with Gasteiger partial charge in [-0.05, 0) is 31.9 Å². The number of ether oxygens (including phenoxy) is 2. The highest BCUT2D eigenvalue weighted by atomic mass is 19.1. The van der Waals surface area contributed by atoms with Crippen molar-refractivity contribution < 1.29 is 18.7 Å². The number of carbonyl (C=O) groups excluding carboxylic acids is 1. The van der Waals surface area contributed by atoms with E-state index in [4.69, 9.17) is 14.5 Å². The molecule has 0 aromatic carbocycles. The van der Waals surface area contributed by atoms with E-state index in [-0.39, 0.29) is 24.6 Å². The van der Waals surface area contributed by atoms with Crippen LogP contribution in [0.2, 0.25) is 0 Å². The van der Waals surface area contributed by atoms with Crippen molar-refractivity contribution in [3.63, 3.8) is 0 Å². The van der Waals surface area contributed by atoms with Crippen LogP contribution in [0.25, 0.3) is 5.65 Å². The van der Waals surface area contributed by atoms with Crippen LogP contribution in [0.4, 0.5) is 10.2 Å². The largest absolute Gasteiger partial charge is 0.475 e. The summed E-state index contributed by atoms with van der Waals surface area (Å²) < 4.78 is 25.9. The Morgan fingerprint density at radius 1 is 1.36 bits per heavy atom. The summed E-state index contributed by atoms with van der Waals surface area (Å²) in [6.07, 6.45) is 7.83. The number of carbonyl (C=O) groups is 1. The van der Waals surface area contributed by atoms with Crippen LogP contribution in [0.3, 0.4) is 0 Å². The standard InChI is InChI=1S/C23H25FN6O3/c1-3-17-13-32-12-15(2)30(17)19-6-9-29-21(27-19)18(11-26-29)22(31)28-23(7-8-23)14-33-20-5-4-16(24)10-25-20/h3-6,9-11,15,17H,1,7-8,12-14H2,2H3,(H,28,31)/t15-,17+/m1/s1. The first-order chi connectivity index (χ1) is 16.0. The van der Waals surface area contributed by atoms with Crippen LogP contribution in [0.1, 0.15) is 30.1 Å². The molecule has 172 valence electrons. The van der Waals surface area contributed by atoms with Gasteiger partial charge in [-0.25, -0.2) is 18.9 Å². The molecule has 1 aliphatic heterocycles. The zero-order valence-corrected chi connectivity index (χ0v) is 18.3. The number of halogens is 1. The summed E-state index contributed by atoms with van der Waals surface area (Å²) in [6, 6.07) is 4.74. The Morgan fingerprint density at radius 2 is 2.21 bits per heavy atom. The van der Waals surface area contributed by atoms with Gasteiger partial charge in [-0.3, -0.25) is 4.79 Å². The van der Waals surface area contributed by atoms with E-state index in [0.717, 1.165) is 24.9 Å². The molecule has 0 spiro atoms. The maximum absolute atomic E-state index is 13.1. The highest BCUT2D eigenvalue weighted by Gasteiger charge is 2.45. The number of rotatable bonds is 7. The minimum absolute atomic E-state index is 0.00384. The minimum atomic E-state index is -0.480. The molecule has 33 heavy (non-hydrogen) atoms. The average molecular weight is 452 g/mol. The number of aromatic nitrogens is 4. The molecule has 2 atom stereocenters. The zero-order chi connectivity index (χ0) is 23.0. The molecule has 1 saturated heterocycles. The van der Waals surface area contributed by atoms with Crippen molar-refractivity contribution in [3.05, 3.63) is 60.8 Å². The molecule has 9 nitrogen and oxygen atoms in total. The Bertz CT molecular complexity index is 1180. The number of anilines is 1. The van der Waals surface area contributed by atoms with Gasteiger partial charge in [-0.15, -0.1) is 6.58 Å². The van der Waals surface area contributed by atoms with Crippen LogP contribution in [-0.4, -0.2) is 62.9 Å². The molecule has 2 fully saturated rings. The Labute approximate surface area is 190 Å². The molecule has 10 heteroatoms. The van der Waals surface area contributed by atoms with Gasteiger partial charge in [0.1, 0.15) is 23.8 Å². The summed E-state index contributed by atoms with van der Waals surface area (Å²) in [6.45, 7) is 7.37. The van der Waals surface area contributed by atoms with Crippen LogP contribution in [0.5, 0.6) is 5.88 Å². The number of nitrogens with zero attached hydrogens (tertiary/aromatic N) is 5. The number of pyridine rings is 1. The molecule has 1 N–H and O–H groups in total. The molecule has 2 aliphatic rings. The number of hydrogen-bond acceptors (Lipinski definition) is 7. The van der Waals surface area contributed by atoms with E-state index in [2.05, 4.69) is 33.8 Å². The van der Waals surface area contributed by atoms with Gasteiger partial charge in [0.25, 0.3) is 5.91 Å². The van der Waals surface area contributed by atoms with Gasteiger partial charge in [-0.1, -0.05) is 6.08 Å². The third-order valence-electron chi connectivity index (χ3n) is 6.04. The SMILES string of the molecule is C=C[C@H]1COC[C@@H](C)N1c1ccn2ncc(C(=O)NC3(COc4ccc(F)cn4)CC3)c2n1. The molecular weight excluding hydrogens is 427 g/mol. The summed E-state index contributed by atoms with van der Waals surface area (Å²) in [7, 11) is 0. The summed E-state index contributed by atoms with van der Waals surface area (Å²) in [5, 5.41) is 7.35. The van der Waals surface area contributed by atoms with E-state index < -0.39 is 11.4 Å². The van der Waals surface area contributed by atoms with Crippen LogP contribution in [0.15, 0.2) is 49.4 Å². The van der Waals surface area contributed by atoms with Gasteiger partial charge in [0, 0.05) is 12.3 Å². The topological polar surface area (TPSA) is 93.9 Å². The van der Waals surface area contributed by atoms with Crippen molar-refractivity contribution in [1.82, 2.24) is 24.9 Å². The number of nitrogens with one attached hydrogen (secondary N) is 1. The van der Waals surface area contributed by atoms with E-state index in [1.807, 2.05) is 12.1 Å². The first-order valence-corrected chi connectivity index (χ1v) is 10.9. The second-order valence-electron chi connectivity index (χ2n) is 8.55. The molecular formula is C23H25FN6O3. The number of morpholine rings is 1. The maximum Gasteiger partial charge on any atom is 0.257 e. The average Bonchev–Trinajstić information content (AvgIpc) is 3.45. The van der Waals surface area contributed by atoms with Crippen molar-refractivity contribution in [1.29, 1.82) is 0 Å². The number of amides is 1. The van der Waals surface area contributed by atoms with Gasteiger partial charge >= 0.3 is 0 Å². The fourth-order valence-corrected chi connectivity index (χ4v) is 4.01. The van der Waals surface area contributed by atoms with Gasteiger partial charge < -0.3 is 19.7 Å². The highest BCUT2D eigenvalue weighted by Crippen LogP contribution is 2.36. The summed E-state index contributed by atoms with van der Waals surface area (Å²) in [4.78, 5) is 23.9. The Morgan fingerprint density at radius 3 is 2.94 bits per heavy atom. The van der Waals surface area contributed by atoms with E-state index in [0.29, 0.717) is 30.3 Å². The third-order valence-corrected chi connectivity index (χ3v) is 6.04. The zero-order valence-electron chi connectivity index (χ0n) is 18.3. The molecule has 3 aromatic rings. The van der Waals surface area contributed by atoms with Crippen molar-refractivity contribution >= 4 is 17.4 Å². The van der Waals surface area contributed by atoms with Crippen LogP contribution < -0.4 is 15.0 Å². The lowest BCUT2D eigenvalue weighted by Gasteiger charge is -2.39. The monoisotopic (exact) mass is 452 g/mol. The highest BCUT2D eigenvalue weighted by molar-refractivity contribution is 6.00. The van der Waals surface area contributed by atoms with Crippen molar-refractivity contribution in [2.75, 3.05) is 24.7 Å². The van der Waals surface area contributed by atoms with Gasteiger partial charge in [-0.2, -0.15) is 5.10 Å². The molecule has 0 unspecified atom stereocenters. The minimum Gasteiger partial charge on any atom is -0.475 e. The molecule has 1 aliphatic carbocycles. The van der Waals surface area contributed by atoms with Gasteiger partial charge in [0.2, 0.25) is 5.88 Å². The van der Waals surface area contributed by atoms with E-state index >= 15 is 0 Å². The quantitative estimate of drug-likeness (QED) is 0.550. The lowest BCUT2D eigenvalue weighted by molar-refractivity contribution is 0.0820. The Hall–Kier alpha value is -3.53. The molecule has 5 rings (SSSR count). The second kappa shape index (κ2) is 8.43. The Balaban J connectivity index is 1.34. The first-order valence-electron chi connectivity index (χ1n) is 10.9. The number of fused-ring (bicyclic) bond motifs is 1. The van der Waals surface area contributed by atoms with Gasteiger partial charge in [0.15, 0.2) is 5.65 Å². The van der Waals surface area contributed by atoms with Crippen LogP contribution in [-0.2, 0) is 4.74 Å². The van der Waals surface area contributed by atoms with Gasteiger partial charge in [0.05, 0.1) is 43.2 Å². The smallest absolute Gasteiger partial charge is 0.257 e. The predicted molar refractivity (Wildman–Crippen MR) is 119 cm³/mol. The fourth-order valence-electron chi connectivity index (χ4n) is 4.01. The maximum atomic E-state index is 13.1. The van der Waals surface area contributed by atoms with E-state index in [9.17, 15) is 9.18 Å². The van der Waals surface area contributed by atoms with E-state index in [1.165, 1.54) is 18.3 Å². The first kappa shape index (κ1) is 21.3.